The number of aromatic nitrogens is 1. The first-order valence-electron chi connectivity index (χ1n) is 5.36. The Hall–Kier alpha value is -1.83. The van der Waals surface area contributed by atoms with E-state index in [9.17, 15) is 0 Å². The number of nitrogens with zero attached hydrogens (tertiary/aromatic N) is 1. The second-order valence-electron chi connectivity index (χ2n) is 3.76. The first-order chi connectivity index (χ1) is 7.81. The van der Waals surface area contributed by atoms with Gasteiger partial charge in [0.2, 0.25) is 5.88 Å². The maximum Gasteiger partial charge on any atom is 0.213 e. The highest BCUT2D eigenvalue weighted by Gasteiger charge is 2.08. The van der Waals surface area contributed by atoms with Crippen molar-refractivity contribution in [3.05, 3.63) is 59.8 Å². The van der Waals surface area contributed by atoms with Crippen LogP contribution in [-0.2, 0) is 0 Å². The Morgan fingerprint density at radius 2 is 1.81 bits per heavy atom. The van der Waals surface area contributed by atoms with Crippen molar-refractivity contribution in [1.82, 2.24) is 4.98 Å². The van der Waals surface area contributed by atoms with Crippen LogP contribution >= 0.6 is 0 Å². The second kappa shape index (κ2) is 4.79. The molecule has 16 heavy (non-hydrogen) atoms. The Morgan fingerprint density at radius 3 is 2.50 bits per heavy atom. The Labute approximate surface area is 95.9 Å². The molecule has 0 fully saturated rings. The largest absolute Gasteiger partial charge is 0.481 e. The summed E-state index contributed by atoms with van der Waals surface area (Å²) in [5.74, 6) is 1.03. The Bertz CT molecular complexity index is 453. The summed E-state index contributed by atoms with van der Waals surface area (Å²) >= 11 is 0. The molecule has 2 nitrogen and oxygen atoms in total. The molecule has 0 N–H and O–H groups in total. The number of hydrogen-bond acceptors (Lipinski definition) is 2. The fourth-order valence-electron chi connectivity index (χ4n) is 1.74. The summed E-state index contributed by atoms with van der Waals surface area (Å²) in [5, 5.41) is 0. The van der Waals surface area contributed by atoms with Gasteiger partial charge >= 0.3 is 0 Å². The summed E-state index contributed by atoms with van der Waals surface area (Å²) in [6.07, 6.45) is 1.79. The first kappa shape index (κ1) is 10.7. The number of benzene rings is 1. The van der Waals surface area contributed by atoms with E-state index in [2.05, 4.69) is 36.2 Å². The quantitative estimate of drug-likeness (QED) is 0.780. The molecular formula is C14H15NO. The van der Waals surface area contributed by atoms with Gasteiger partial charge in [-0.2, -0.15) is 0 Å². The van der Waals surface area contributed by atoms with Crippen molar-refractivity contribution < 1.29 is 4.74 Å². The molecule has 2 aromatic rings. The van der Waals surface area contributed by atoms with E-state index >= 15 is 0 Å². The zero-order valence-corrected chi connectivity index (χ0v) is 9.55. The average Bonchev–Trinajstić information content (AvgIpc) is 2.39. The summed E-state index contributed by atoms with van der Waals surface area (Å²) in [6.45, 7) is 2.18. The van der Waals surface area contributed by atoms with Crippen molar-refractivity contribution in [1.29, 1.82) is 0 Å². The minimum atomic E-state index is 0.359. The van der Waals surface area contributed by atoms with Crippen molar-refractivity contribution in [3.63, 3.8) is 0 Å². The van der Waals surface area contributed by atoms with Crippen LogP contribution in [-0.4, -0.2) is 12.1 Å². The number of pyridine rings is 1. The standard InChI is InChI=1S/C14H15NO/c1-11(12-6-4-3-5-7-12)13-8-9-15-14(10-13)16-2/h3-11H,1-2H3. The van der Waals surface area contributed by atoms with Gasteiger partial charge in [0.1, 0.15) is 0 Å². The maximum absolute atomic E-state index is 5.13. The van der Waals surface area contributed by atoms with Gasteiger partial charge < -0.3 is 4.74 Å². The first-order valence-corrected chi connectivity index (χ1v) is 5.36. The number of rotatable bonds is 3. The van der Waals surface area contributed by atoms with Gasteiger partial charge in [-0.3, -0.25) is 0 Å². The molecule has 0 saturated carbocycles. The van der Waals surface area contributed by atoms with Crippen molar-refractivity contribution in [2.24, 2.45) is 0 Å². The zero-order chi connectivity index (χ0) is 11.4. The van der Waals surface area contributed by atoms with E-state index in [0.29, 0.717) is 11.8 Å². The van der Waals surface area contributed by atoms with Crippen LogP contribution in [0.5, 0.6) is 5.88 Å². The van der Waals surface area contributed by atoms with Crippen LogP contribution in [0.3, 0.4) is 0 Å². The van der Waals surface area contributed by atoms with Crippen molar-refractivity contribution in [3.8, 4) is 5.88 Å². The van der Waals surface area contributed by atoms with Crippen LogP contribution in [0.15, 0.2) is 48.7 Å². The van der Waals surface area contributed by atoms with Crippen LogP contribution in [0, 0.1) is 0 Å². The fourth-order valence-corrected chi connectivity index (χ4v) is 1.74. The van der Waals surface area contributed by atoms with E-state index in [-0.39, 0.29) is 0 Å². The normalized spacial score (nSPS) is 12.1. The smallest absolute Gasteiger partial charge is 0.213 e. The van der Waals surface area contributed by atoms with Crippen molar-refractivity contribution >= 4 is 0 Å². The van der Waals surface area contributed by atoms with E-state index in [1.165, 1.54) is 11.1 Å². The number of hydrogen-bond donors (Lipinski definition) is 0. The predicted octanol–water partition coefficient (Wildman–Crippen LogP) is 3.24. The van der Waals surface area contributed by atoms with Gasteiger partial charge in [0.05, 0.1) is 7.11 Å². The third-order valence-electron chi connectivity index (χ3n) is 2.77. The van der Waals surface area contributed by atoms with E-state index in [1.807, 2.05) is 18.2 Å². The van der Waals surface area contributed by atoms with Crippen LogP contribution in [0.2, 0.25) is 0 Å². The summed E-state index contributed by atoms with van der Waals surface area (Å²) in [6, 6.07) is 14.4. The summed E-state index contributed by atoms with van der Waals surface area (Å²) in [7, 11) is 1.64. The predicted molar refractivity (Wildman–Crippen MR) is 64.7 cm³/mol. The molecule has 2 heteroatoms. The summed E-state index contributed by atoms with van der Waals surface area (Å²) < 4.78 is 5.13. The average molecular weight is 213 g/mol. The molecule has 0 aliphatic heterocycles. The van der Waals surface area contributed by atoms with Crippen LogP contribution < -0.4 is 4.74 Å². The molecule has 0 aliphatic rings. The van der Waals surface area contributed by atoms with E-state index in [4.69, 9.17) is 4.74 Å². The topological polar surface area (TPSA) is 22.1 Å². The van der Waals surface area contributed by atoms with E-state index < -0.39 is 0 Å². The van der Waals surface area contributed by atoms with E-state index in [0.717, 1.165) is 0 Å². The van der Waals surface area contributed by atoms with Gasteiger partial charge in [0.25, 0.3) is 0 Å². The molecular weight excluding hydrogens is 198 g/mol. The van der Waals surface area contributed by atoms with Gasteiger partial charge in [-0.05, 0) is 17.2 Å². The molecule has 0 radical (unpaired) electrons. The lowest BCUT2D eigenvalue weighted by Gasteiger charge is -2.12. The summed E-state index contributed by atoms with van der Waals surface area (Å²) in [5.41, 5.74) is 2.52. The Kier molecular flexibility index (Phi) is 3.20. The maximum atomic E-state index is 5.13. The highest BCUT2D eigenvalue weighted by molar-refractivity contribution is 5.33. The van der Waals surface area contributed by atoms with Gasteiger partial charge in [-0.25, -0.2) is 4.98 Å². The molecule has 0 amide bonds. The molecule has 82 valence electrons. The molecule has 1 aromatic carbocycles. The molecule has 0 spiro atoms. The zero-order valence-electron chi connectivity index (χ0n) is 9.55. The SMILES string of the molecule is COc1cc(C(C)c2ccccc2)ccn1. The van der Waals surface area contributed by atoms with Gasteiger partial charge in [-0.1, -0.05) is 37.3 Å². The summed E-state index contributed by atoms with van der Waals surface area (Å²) in [4.78, 5) is 4.11. The molecule has 1 atom stereocenters. The highest BCUT2D eigenvalue weighted by atomic mass is 16.5. The van der Waals surface area contributed by atoms with Gasteiger partial charge in [-0.15, -0.1) is 0 Å². The van der Waals surface area contributed by atoms with Crippen LogP contribution in [0.25, 0.3) is 0 Å². The molecule has 0 saturated heterocycles. The lowest BCUT2D eigenvalue weighted by Crippen LogP contribution is -1.97. The third-order valence-corrected chi connectivity index (χ3v) is 2.77. The third kappa shape index (κ3) is 2.22. The van der Waals surface area contributed by atoms with Crippen LogP contribution in [0.1, 0.15) is 24.0 Å². The molecule has 1 heterocycles. The molecule has 1 aromatic heterocycles. The second-order valence-corrected chi connectivity index (χ2v) is 3.76. The number of methoxy groups -OCH3 is 1. The Balaban J connectivity index is 2.30. The van der Waals surface area contributed by atoms with Gasteiger partial charge in [0.15, 0.2) is 0 Å². The fraction of sp³-hybridized carbons (Fsp3) is 0.214. The lowest BCUT2D eigenvalue weighted by molar-refractivity contribution is 0.397. The molecule has 1 unspecified atom stereocenters. The highest BCUT2D eigenvalue weighted by Crippen LogP contribution is 2.25. The number of ether oxygens (including phenoxy) is 1. The van der Waals surface area contributed by atoms with Crippen molar-refractivity contribution in [2.45, 2.75) is 12.8 Å². The van der Waals surface area contributed by atoms with Crippen molar-refractivity contribution in [2.75, 3.05) is 7.11 Å². The monoisotopic (exact) mass is 213 g/mol. The molecule has 0 bridgehead atoms. The molecule has 2 rings (SSSR count). The minimum Gasteiger partial charge on any atom is -0.481 e. The lowest BCUT2D eigenvalue weighted by atomic mass is 9.94. The Morgan fingerprint density at radius 1 is 1.06 bits per heavy atom. The van der Waals surface area contributed by atoms with Gasteiger partial charge in [0, 0.05) is 18.2 Å². The minimum absolute atomic E-state index is 0.359. The van der Waals surface area contributed by atoms with E-state index in [1.54, 1.807) is 13.3 Å². The van der Waals surface area contributed by atoms with Crippen LogP contribution in [0.4, 0.5) is 0 Å². The molecule has 0 aliphatic carbocycles.